The van der Waals surface area contributed by atoms with Crippen molar-refractivity contribution in [1.29, 1.82) is 0 Å². The maximum absolute atomic E-state index is 12.5. The van der Waals surface area contributed by atoms with Gasteiger partial charge in [-0.15, -0.1) is 0 Å². The molecule has 0 aliphatic rings. The number of hydrogen-bond acceptors (Lipinski definition) is 4. The lowest BCUT2D eigenvalue weighted by atomic mass is 10.2. The zero-order valence-corrected chi connectivity index (χ0v) is 14.1. The summed E-state index contributed by atoms with van der Waals surface area (Å²) in [5, 5.41) is 0. The van der Waals surface area contributed by atoms with Gasteiger partial charge in [-0.3, -0.25) is 14.6 Å². The minimum atomic E-state index is -0.279. The number of amides is 1. The van der Waals surface area contributed by atoms with Crippen LogP contribution in [-0.2, 0) is 9.53 Å². The summed E-state index contributed by atoms with van der Waals surface area (Å²) >= 11 is 3.31. The second kappa shape index (κ2) is 9.50. The van der Waals surface area contributed by atoms with Gasteiger partial charge in [0.1, 0.15) is 0 Å². The molecule has 0 bridgehead atoms. The van der Waals surface area contributed by atoms with Gasteiger partial charge in [0.2, 0.25) is 0 Å². The molecule has 0 atom stereocenters. The number of nitrogens with zero attached hydrogens (tertiary/aromatic N) is 2. The number of pyridine rings is 1. The standard InChI is InChI=1S/C15H21BrN2O3/c1-3-5-7-18(8-6-14(19)21-4-2)15(20)12-9-13(16)11-17-10-12/h9-11H,3-8H2,1-2H3. The van der Waals surface area contributed by atoms with E-state index >= 15 is 0 Å². The highest BCUT2D eigenvalue weighted by Gasteiger charge is 2.17. The minimum Gasteiger partial charge on any atom is -0.466 e. The number of esters is 1. The SMILES string of the molecule is CCCCN(CCC(=O)OCC)C(=O)c1cncc(Br)c1. The van der Waals surface area contributed by atoms with Crippen LogP contribution in [0, 0.1) is 0 Å². The number of aromatic nitrogens is 1. The van der Waals surface area contributed by atoms with Crippen LogP contribution in [0.25, 0.3) is 0 Å². The summed E-state index contributed by atoms with van der Waals surface area (Å²) in [5.41, 5.74) is 0.518. The van der Waals surface area contributed by atoms with Gasteiger partial charge in [-0.2, -0.15) is 0 Å². The van der Waals surface area contributed by atoms with E-state index in [0.717, 1.165) is 17.3 Å². The van der Waals surface area contributed by atoms with Crippen LogP contribution in [0.1, 0.15) is 43.5 Å². The van der Waals surface area contributed by atoms with E-state index in [0.29, 0.717) is 25.3 Å². The maximum Gasteiger partial charge on any atom is 0.307 e. The largest absolute Gasteiger partial charge is 0.466 e. The van der Waals surface area contributed by atoms with Gasteiger partial charge in [0.25, 0.3) is 5.91 Å². The third kappa shape index (κ3) is 6.25. The first-order chi connectivity index (χ1) is 10.1. The molecule has 5 nitrogen and oxygen atoms in total. The third-order valence-electron chi connectivity index (χ3n) is 2.91. The Balaban J connectivity index is 2.71. The van der Waals surface area contributed by atoms with Gasteiger partial charge >= 0.3 is 5.97 Å². The van der Waals surface area contributed by atoms with Crippen molar-refractivity contribution in [3.63, 3.8) is 0 Å². The monoisotopic (exact) mass is 356 g/mol. The molecule has 0 saturated carbocycles. The molecule has 0 saturated heterocycles. The number of halogens is 1. The molecule has 1 aromatic rings. The van der Waals surface area contributed by atoms with Crippen LogP contribution in [0.15, 0.2) is 22.9 Å². The van der Waals surface area contributed by atoms with Gasteiger partial charge < -0.3 is 9.64 Å². The van der Waals surface area contributed by atoms with E-state index in [-0.39, 0.29) is 18.3 Å². The molecule has 1 rings (SSSR count). The van der Waals surface area contributed by atoms with E-state index in [2.05, 4.69) is 27.8 Å². The van der Waals surface area contributed by atoms with Crippen molar-refractivity contribution in [1.82, 2.24) is 9.88 Å². The fourth-order valence-electron chi connectivity index (χ4n) is 1.83. The maximum atomic E-state index is 12.5. The van der Waals surface area contributed by atoms with Gasteiger partial charge in [-0.25, -0.2) is 0 Å². The number of unbranched alkanes of at least 4 members (excludes halogenated alkanes) is 1. The molecular formula is C15H21BrN2O3. The van der Waals surface area contributed by atoms with Gasteiger partial charge in [-0.05, 0) is 35.3 Å². The van der Waals surface area contributed by atoms with Crippen LogP contribution in [0.2, 0.25) is 0 Å². The number of hydrogen-bond donors (Lipinski definition) is 0. The van der Waals surface area contributed by atoms with Crippen molar-refractivity contribution in [2.24, 2.45) is 0 Å². The zero-order chi connectivity index (χ0) is 15.7. The number of carbonyl (C=O) groups is 2. The van der Waals surface area contributed by atoms with E-state index in [9.17, 15) is 9.59 Å². The molecule has 116 valence electrons. The highest BCUT2D eigenvalue weighted by Crippen LogP contribution is 2.12. The number of rotatable bonds is 8. The Hall–Kier alpha value is -1.43. The summed E-state index contributed by atoms with van der Waals surface area (Å²) in [4.78, 5) is 29.6. The highest BCUT2D eigenvalue weighted by molar-refractivity contribution is 9.10. The van der Waals surface area contributed by atoms with Crippen LogP contribution in [0.4, 0.5) is 0 Å². The van der Waals surface area contributed by atoms with E-state index < -0.39 is 0 Å². The van der Waals surface area contributed by atoms with Crippen molar-refractivity contribution in [3.8, 4) is 0 Å². The Kier molecular flexibility index (Phi) is 7.97. The van der Waals surface area contributed by atoms with Crippen molar-refractivity contribution >= 4 is 27.8 Å². The predicted octanol–water partition coefficient (Wildman–Crippen LogP) is 3.04. The molecule has 6 heteroatoms. The quantitative estimate of drug-likeness (QED) is 0.671. The highest BCUT2D eigenvalue weighted by atomic mass is 79.9. The van der Waals surface area contributed by atoms with Crippen LogP contribution in [0.3, 0.4) is 0 Å². The lowest BCUT2D eigenvalue weighted by molar-refractivity contribution is -0.143. The van der Waals surface area contributed by atoms with Crippen LogP contribution in [-0.4, -0.2) is 41.5 Å². The van der Waals surface area contributed by atoms with Gasteiger partial charge in [0.15, 0.2) is 0 Å². The Morgan fingerprint density at radius 1 is 1.29 bits per heavy atom. The van der Waals surface area contributed by atoms with Crippen molar-refractivity contribution < 1.29 is 14.3 Å². The normalized spacial score (nSPS) is 10.2. The first-order valence-electron chi connectivity index (χ1n) is 7.13. The van der Waals surface area contributed by atoms with E-state index in [1.165, 1.54) is 6.20 Å². The molecule has 1 aromatic heterocycles. The van der Waals surface area contributed by atoms with Gasteiger partial charge in [0, 0.05) is 30.0 Å². The molecule has 0 spiro atoms. The first kappa shape index (κ1) is 17.6. The lowest BCUT2D eigenvalue weighted by Gasteiger charge is -2.22. The molecule has 1 amide bonds. The summed E-state index contributed by atoms with van der Waals surface area (Å²) in [6.07, 6.45) is 5.27. The Bertz CT molecular complexity index is 480. The summed E-state index contributed by atoms with van der Waals surface area (Å²) < 4.78 is 5.66. The smallest absolute Gasteiger partial charge is 0.307 e. The molecule has 0 aromatic carbocycles. The number of carbonyl (C=O) groups excluding carboxylic acids is 2. The predicted molar refractivity (Wildman–Crippen MR) is 84.0 cm³/mol. The summed E-state index contributed by atoms with van der Waals surface area (Å²) in [5.74, 6) is -0.388. The van der Waals surface area contributed by atoms with Crippen LogP contribution < -0.4 is 0 Å². The Labute approximate surface area is 133 Å². The molecule has 0 N–H and O–H groups in total. The molecule has 0 unspecified atom stereocenters. The van der Waals surface area contributed by atoms with Gasteiger partial charge in [0.05, 0.1) is 18.6 Å². The molecule has 21 heavy (non-hydrogen) atoms. The molecule has 0 aliphatic heterocycles. The number of ether oxygens (including phenoxy) is 1. The lowest BCUT2D eigenvalue weighted by Crippen LogP contribution is -2.34. The fourth-order valence-corrected chi connectivity index (χ4v) is 2.20. The zero-order valence-electron chi connectivity index (χ0n) is 12.5. The molecular weight excluding hydrogens is 336 g/mol. The van der Waals surface area contributed by atoms with E-state index in [1.54, 1.807) is 24.1 Å². The third-order valence-corrected chi connectivity index (χ3v) is 3.35. The molecule has 0 aliphatic carbocycles. The van der Waals surface area contributed by atoms with Crippen LogP contribution >= 0.6 is 15.9 Å². The van der Waals surface area contributed by atoms with Crippen molar-refractivity contribution in [2.75, 3.05) is 19.7 Å². The summed E-state index contributed by atoms with van der Waals surface area (Å²) in [7, 11) is 0. The topological polar surface area (TPSA) is 59.5 Å². The van der Waals surface area contributed by atoms with Gasteiger partial charge in [-0.1, -0.05) is 13.3 Å². The summed E-state index contributed by atoms with van der Waals surface area (Å²) in [6.45, 7) is 5.18. The second-order valence-corrected chi connectivity index (χ2v) is 5.51. The average Bonchev–Trinajstić information content (AvgIpc) is 2.47. The van der Waals surface area contributed by atoms with E-state index in [4.69, 9.17) is 4.74 Å². The average molecular weight is 357 g/mol. The van der Waals surface area contributed by atoms with E-state index in [1.807, 2.05) is 0 Å². The van der Waals surface area contributed by atoms with Crippen molar-refractivity contribution in [3.05, 3.63) is 28.5 Å². The first-order valence-corrected chi connectivity index (χ1v) is 7.93. The second-order valence-electron chi connectivity index (χ2n) is 4.59. The summed E-state index contributed by atoms with van der Waals surface area (Å²) in [6, 6.07) is 1.73. The Morgan fingerprint density at radius 2 is 2.05 bits per heavy atom. The molecule has 0 radical (unpaired) electrons. The fraction of sp³-hybridized carbons (Fsp3) is 0.533. The van der Waals surface area contributed by atoms with Crippen molar-refractivity contribution in [2.45, 2.75) is 33.1 Å². The molecule has 0 fully saturated rings. The van der Waals surface area contributed by atoms with Crippen LogP contribution in [0.5, 0.6) is 0 Å². The Morgan fingerprint density at radius 3 is 2.67 bits per heavy atom. The minimum absolute atomic E-state index is 0.110. The molecule has 1 heterocycles.